The van der Waals surface area contributed by atoms with E-state index in [1.54, 1.807) is 24.3 Å². The number of hydrogen-bond donors (Lipinski definition) is 1. The summed E-state index contributed by atoms with van der Waals surface area (Å²) in [4.78, 5) is 17.9. The Morgan fingerprint density at radius 2 is 1.66 bits per heavy atom. The highest BCUT2D eigenvalue weighted by Gasteiger charge is 2.24. The van der Waals surface area contributed by atoms with Crippen molar-refractivity contribution in [2.75, 3.05) is 35.8 Å². The smallest absolute Gasteiger partial charge is 0.254 e. The average Bonchev–Trinajstić information content (AvgIpc) is 2.85. The van der Waals surface area contributed by atoms with Gasteiger partial charge < -0.3 is 14.4 Å². The van der Waals surface area contributed by atoms with E-state index in [9.17, 15) is 9.35 Å². The van der Waals surface area contributed by atoms with Crippen LogP contribution in [0.1, 0.15) is 29.3 Å². The number of amides is 1. The third kappa shape index (κ3) is 5.26. The number of piperazine rings is 1. The number of aryl methyl sites for hydroxylation is 1. The van der Waals surface area contributed by atoms with Crippen LogP contribution in [0.2, 0.25) is 0 Å². The lowest BCUT2D eigenvalue weighted by atomic mass is 10.1. The van der Waals surface area contributed by atoms with Gasteiger partial charge in [0, 0.05) is 43.5 Å². The van der Waals surface area contributed by atoms with Gasteiger partial charge in [-0.1, -0.05) is 55.8 Å². The monoisotopic (exact) mass is 447 g/mol. The van der Waals surface area contributed by atoms with Gasteiger partial charge in [-0.15, -0.1) is 0 Å². The van der Waals surface area contributed by atoms with E-state index >= 15 is 0 Å². The van der Waals surface area contributed by atoms with Gasteiger partial charge in [-0.25, -0.2) is 4.72 Å². The summed E-state index contributed by atoms with van der Waals surface area (Å²) in [5.74, 6) is -0.0112. The topological polar surface area (TPSA) is 58.6 Å². The number of nitrogens with zero attached hydrogens (tertiary/aromatic N) is 2. The summed E-state index contributed by atoms with van der Waals surface area (Å²) in [5.41, 5.74) is 3.78. The van der Waals surface area contributed by atoms with E-state index in [0.29, 0.717) is 23.5 Å². The SMILES string of the molecule is CCCc1ccccc1N[S+]([O-])c1cccc(C(=O)N2CCN(c3ccccc3)CC2)c1. The van der Waals surface area contributed by atoms with Gasteiger partial charge in [-0.3, -0.25) is 4.79 Å². The summed E-state index contributed by atoms with van der Waals surface area (Å²) >= 11 is -1.44. The summed E-state index contributed by atoms with van der Waals surface area (Å²) in [6.45, 7) is 5.07. The molecule has 3 aromatic carbocycles. The maximum atomic E-state index is 13.1. The molecular formula is C26H29N3O2S. The number of hydrogen-bond acceptors (Lipinski definition) is 4. The first-order valence-electron chi connectivity index (χ1n) is 11.1. The minimum Gasteiger partial charge on any atom is -0.588 e. The van der Waals surface area contributed by atoms with Crippen LogP contribution in [0, 0.1) is 0 Å². The van der Waals surface area contributed by atoms with Crippen LogP contribution in [0.5, 0.6) is 0 Å². The van der Waals surface area contributed by atoms with Gasteiger partial charge in [-0.05, 0) is 42.3 Å². The Bertz CT molecular complexity index is 1040. The number of carbonyl (C=O) groups is 1. The molecule has 4 rings (SSSR count). The highest BCUT2D eigenvalue weighted by molar-refractivity contribution is 7.92. The Balaban J connectivity index is 1.41. The normalized spacial score (nSPS) is 14.8. The summed E-state index contributed by atoms with van der Waals surface area (Å²) < 4.78 is 16.1. The zero-order chi connectivity index (χ0) is 22.3. The molecule has 3 aromatic rings. The van der Waals surface area contributed by atoms with Crippen molar-refractivity contribution in [2.24, 2.45) is 0 Å². The van der Waals surface area contributed by atoms with Crippen LogP contribution in [0.25, 0.3) is 0 Å². The van der Waals surface area contributed by atoms with Crippen LogP contribution in [0.3, 0.4) is 0 Å². The number of para-hydroxylation sites is 2. The fourth-order valence-corrected chi connectivity index (χ4v) is 4.95. The molecule has 0 spiro atoms. The van der Waals surface area contributed by atoms with Crippen molar-refractivity contribution in [1.29, 1.82) is 0 Å². The number of benzene rings is 3. The number of carbonyl (C=O) groups excluding carboxylic acids is 1. The lowest BCUT2D eigenvalue weighted by molar-refractivity contribution is 0.0746. The first-order chi connectivity index (χ1) is 15.7. The van der Waals surface area contributed by atoms with Crippen LogP contribution in [0.4, 0.5) is 11.4 Å². The van der Waals surface area contributed by atoms with Gasteiger partial charge in [0.05, 0.1) is 5.69 Å². The largest absolute Gasteiger partial charge is 0.588 e. The van der Waals surface area contributed by atoms with E-state index < -0.39 is 11.4 Å². The molecule has 0 saturated carbocycles. The van der Waals surface area contributed by atoms with Gasteiger partial charge in [0.25, 0.3) is 5.91 Å². The molecule has 6 heteroatoms. The number of nitrogens with one attached hydrogen (secondary N) is 1. The van der Waals surface area contributed by atoms with Crippen molar-refractivity contribution in [3.63, 3.8) is 0 Å². The van der Waals surface area contributed by atoms with E-state index in [4.69, 9.17) is 0 Å². The molecule has 1 unspecified atom stereocenters. The summed E-state index contributed by atoms with van der Waals surface area (Å²) in [7, 11) is 0. The van der Waals surface area contributed by atoms with Crippen LogP contribution >= 0.6 is 0 Å². The second-order valence-electron chi connectivity index (χ2n) is 7.92. The molecule has 0 aromatic heterocycles. The van der Waals surface area contributed by atoms with E-state index in [2.05, 4.69) is 34.7 Å². The second kappa shape index (κ2) is 10.6. The minimum atomic E-state index is -1.44. The van der Waals surface area contributed by atoms with Crippen LogP contribution < -0.4 is 9.62 Å². The van der Waals surface area contributed by atoms with Crippen molar-refractivity contribution in [2.45, 2.75) is 24.7 Å². The van der Waals surface area contributed by atoms with Crippen molar-refractivity contribution >= 4 is 28.6 Å². The number of rotatable bonds is 7. The van der Waals surface area contributed by atoms with E-state index in [-0.39, 0.29) is 5.91 Å². The Hall–Kier alpha value is -2.96. The Morgan fingerprint density at radius 1 is 0.938 bits per heavy atom. The van der Waals surface area contributed by atoms with Gasteiger partial charge in [0.15, 0.2) is 4.90 Å². The van der Waals surface area contributed by atoms with Crippen molar-refractivity contribution < 1.29 is 9.35 Å². The van der Waals surface area contributed by atoms with Crippen molar-refractivity contribution in [3.05, 3.63) is 90.0 Å². The molecule has 1 atom stereocenters. The lowest BCUT2D eigenvalue weighted by Crippen LogP contribution is -2.48. The molecule has 1 fully saturated rings. The molecule has 1 saturated heterocycles. The molecule has 0 aliphatic carbocycles. The second-order valence-corrected chi connectivity index (χ2v) is 9.13. The fraction of sp³-hybridized carbons (Fsp3) is 0.269. The summed E-state index contributed by atoms with van der Waals surface area (Å²) in [6.07, 6.45) is 1.95. The third-order valence-corrected chi connectivity index (χ3v) is 6.81. The molecule has 1 aliphatic heterocycles. The highest BCUT2D eigenvalue weighted by Crippen LogP contribution is 2.23. The first kappa shape index (κ1) is 22.2. The van der Waals surface area contributed by atoms with Gasteiger partial charge in [0.1, 0.15) is 11.4 Å². The summed E-state index contributed by atoms with van der Waals surface area (Å²) in [5, 5.41) is 0. The average molecular weight is 448 g/mol. The zero-order valence-electron chi connectivity index (χ0n) is 18.4. The molecule has 1 N–H and O–H groups in total. The zero-order valence-corrected chi connectivity index (χ0v) is 19.2. The summed E-state index contributed by atoms with van der Waals surface area (Å²) in [6, 6.07) is 25.4. The lowest BCUT2D eigenvalue weighted by Gasteiger charge is -2.36. The molecule has 5 nitrogen and oxygen atoms in total. The predicted octanol–water partition coefficient (Wildman–Crippen LogP) is 4.74. The first-order valence-corrected chi connectivity index (χ1v) is 12.3. The minimum absolute atomic E-state index is 0.0112. The number of anilines is 2. The van der Waals surface area contributed by atoms with Crippen LogP contribution in [0.15, 0.2) is 83.8 Å². The van der Waals surface area contributed by atoms with E-state index in [0.717, 1.165) is 37.2 Å². The Kier molecular flexibility index (Phi) is 7.35. The van der Waals surface area contributed by atoms with Crippen LogP contribution in [-0.2, 0) is 17.8 Å². The van der Waals surface area contributed by atoms with E-state index in [1.165, 1.54) is 5.69 Å². The fourth-order valence-electron chi connectivity index (χ4n) is 4.00. The molecule has 32 heavy (non-hydrogen) atoms. The maximum Gasteiger partial charge on any atom is 0.254 e. The molecule has 0 bridgehead atoms. The molecule has 166 valence electrons. The van der Waals surface area contributed by atoms with Gasteiger partial charge >= 0.3 is 0 Å². The molecule has 1 amide bonds. The Labute approximate surface area is 193 Å². The van der Waals surface area contributed by atoms with E-state index in [1.807, 2.05) is 41.3 Å². The molecule has 1 heterocycles. The Morgan fingerprint density at radius 3 is 2.41 bits per heavy atom. The van der Waals surface area contributed by atoms with Gasteiger partial charge in [0.2, 0.25) is 0 Å². The van der Waals surface area contributed by atoms with Crippen molar-refractivity contribution in [3.8, 4) is 0 Å². The predicted molar refractivity (Wildman–Crippen MR) is 131 cm³/mol. The quantitative estimate of drug-likeness (QED) is 0.532. The standard InChI is InChI=1S/C26H29N3O2S/c1-2-9-21-10-6-7-15-25(21)27-32(31)24-14-8-11-22(20-24)26(30)29-18-16-28(17-19-29)23-12-4-3-5-13-23/h3-8,10-15,20,27H,2,9,16-19H2,1H3. The van der Waals surface area contributed by atoms with Crippen molar-refractivity contribution in [1.82, 2.24) is 4.90 Å². The maximum absolute atomic E-state index is 13.1. The molecule has 0 radical (unpaired) electrons. The molecular weight excluding hydrogens is 418 g/mol. The third-order valence-electron chi connectivity index (χ3n) is 5.72. The van der Waals surface area contributed by atoms with Crippen LogP contribution in [-0.4, -0.2) is 41.5 Å². The molecule has 1 aliphatic rings. The van der Waals surface area contributed by atoms with Gasteiger partial charge in [-0.2, -0.15) is 0 Å². The highest BCUT2D eigenvalue weighted by atomic mass is 32.2.